The summed E-state index contributed by atoms with van der Waals surface area (Å²) in [6.45, 7) is 1.79. The van der Waals surface area contributed by atoms with Crippen LogP contribution in [0, 0.1) is 0 Å². The normalized spacial score (nSPS) is 11.3. The van der Waals surface area contributed by atoms with Crippen molar-refractivity contribution < 1.29 is 13.5 Å². The SMILES string of the molecule is CCS(=O)(=O)N(Cc1cccnc1)c1ccc(CO)cc1. The first kappa shape index (κ1) is 15.5. The fraction of sp³-hybridized carbons (Fsp3) is 0.267. The van der Waals surface area contributed by atoms with Crippen molar-refractivity contribution in [1.29, 1.82) is 0 Å². The van der Waals surface area contributed by atoms with Gasteiger partial charge in [-0.15, -0.1) is 0 Å². The molecule has 0 amide bonds. The number of pyridine rings is 1. The van der Waals surface area contributed by atoms with Crippen molar-refractivity contribution in [2.24, 2.45) is 0 Å². The number of sulfonamides is 1. The molecule has 0 saturated carbocycles. The summed E-state index contributed by atoms with van der Waals surface area (Å²) in [5.74, 6) is 0.0228. The summed E-state index contributed by atoms with van der Waals surface area (Å²) in [6.07, 6.45) is 3.30. The second-order valence-corrected chi connectivity index (χ2v) is 6.77. The van der Waals surface area contributed by atoms with Crippen molar-refractivity contribution in [2.75, 3.05) is 10.1 Å². The van der Waals surface area contributed by atoms with Crippen LogP contribution in [-0.4, -0.2) is 24.3 Å². The van der Waals surface area contributed by atoms with Crippen molar-refractivity contribution >= 4 is 15.7 Å². The summed E-state index contributed by atoms with van der Waals surface area (Å²) in [6, 6.07) is 10.5. The third-order valence-corrected chi connectivity index (χ3v) is 4.90. The molecule has 0 unspecified atom stereocenters. The molecule has 21 heavy (non-hydrogen) atoms. The van der Waals surface area contributed by atoms with Crippen molar-refractivity contribution in [3.8, 4) is 0 Å². The molecule has 1 aromatic heterocycles. The van der Waals surface area contributed by atoms with E-state index in [4.69, 9.17) is 5.11 Å². The number of hydrogen-bond donors (Lipinski definition) is 1. The van der Waals surface area contributed by atoms with Crippen LogP contribution in [0.3, 0.4) is 0 Å². The van der Waals surface area contributed by atoms with Gasteiger partial charge in [-0.05, 0) is 36.2 Å². The Morgan fingerprint density at radius 2 is 1.86 bits per heavy atom. The summed E-state index contributed by atoms with van der Waals surface area (Å²) < 4.78 is 26.0. The molecule has 0 atom stereocenters. The molecule has 2 aromatic rings. The Balaban J connectivity index is 2.36. The number of nitrogens with zero attached hydrogens (tertiary/aromatic N) is 2. The lowest BCUT2D eigenvalue weighted by atomic mass is 10.2. The van der Waals surface area contributed by atoms with E-state index < -0.39 is 10.0 Å². The standard InChI is InChI=1S/C15H18N2O3S/c1-2-21(19,20)17(11-14-4-3-9-16-10-14)15-7-5-13(12-18)6-8-15/h3-10,18H,2,11-12H2,1H3. The second kappa shape index (κ2) is 6.69. The zero-order valence-electron chi connectivity index (χ0n) is 11.8. The van der Waals surface area contributed by atoms with E-state index in [0.29, 0.717) is 5.69 Å². The van der Waals surface area contributed by atoms with E-state index in [-0.39, 0.29) is 18.9 Å². The van der Waals surface area contributed by atoms with Gasteiger partial charge >= 0.3 is 0 Å². The molecular formula is C15H18N2O3S. The Hall–Kier alpha value is -1.92. The first-order valence-corrected chi connectivity index (χ1v) is 8.27. The van der Waals surface area contributed by atoms with Crippen LogP contribution in [0.5, 0.6) is 0 Å². The molecule has 1 aromatic carbocycles. The average molecular weight is 306 g/mol. The van der Waals surface area contributed by atoms with Gasteiger partial charge in [0, 0.05) is 12.4 Å². The van der Waals surface area contributed by atoms with Gasteiger partial charge in [-0.3, -0.25) is 9.29 Å². The molecule has 0 fully saturated rings. The number of anilines is 1. The topological polar surface area (TPSA) is 70.5 Å². The molecule has 0 aliphatic heterocycles. The molecule has 2 rings (SSSR count). The molecule has 0 bridgehead atoms. The van der Waals surface area contributed by atoms with Crippen LogP contribution in [-0.2, 0) is 23.2 Å². The van der Waals surface area contributed by atoms with Gasteiger partial charge in [0.1, 0.15) is 0 Å². The highest BCUT2D eigenvalue weighted by Crippen LogP contribution is 2.22. The number of benzene rings is 1. The Kier molecular flexibility index (Phi) is 4.93. The van der Waals surface area contributed by atoms with Gasteiger partial charge < -0.3 is 5.11 Å². The molecule has 1 heterocycles. The van der Waals surface area contributed by atoms with Gasteiger partial charge in [-0.2, -0.15) is 0 Å². The number of aromatic nitrogens is 1. The van der Waals surface area contributed by atoms with E-state index in [1.54, 1.807) is 49.6 Å². The fourth-order valence-corrected chi connectivity index (χ4v) is 3.03. The molecule has 0 spiro atoms. The van der Waals surface area contributed by atoms with Crippen LogP contribution in [0.2, 0.25) is 0 Å². The number of aliphatic hydroxyl groups excluding tert-OH is 1. The van der Waals surface area contributed by atoms with E-state index in [1.807, 2.05) is 6.07 Å². The van der Waals surface area contributed by atoms with Crippen LogP contribution in [0.15, 0.2) is 48.8 Å². The summed E-state index contributed by atoms with van der Waals surface area (Å²) in [5.41, 5.74) is 2.15. The minimum atomic E-state index is -3.39. The monoisotopic (exact) mass is 306 g/mol. The average Bonchev–Trinajstić information content (AvgIpc) is 2.53. The van der Waals surface area contributed by atoms with Gasteiger partial charge in [0.15, 0.2) is 0 Å². The molecule has 0 aliphatic rings. The van der Waals surface area contributed by atoms with E-state index >= 15 is 0 Å². The summed E-state index contributed by atoms with van der Waals surface area (Å²) >= 11 is 0. The Morgan fingerprint density at radius 1 is 1.14 bits per heavy atom. The highest BCUT2D eigenvalue weighted by Gasteiger charge is 2.20. The van der Waals surface area contributed by atoms with Crippen LogP contribution in [0.4, 0.5) is 5.69 Å². The zero-order chi connectivity index (χ0) is 15.3. The predicted octanol–water partition coefficient (Wildman–Crippen LogP) is 1.93. The summed E-state index contributed by atoms with van der Waals surface area (Å²) in [5, 5.41) is 9.07. The molecule has 0 radical (unpaired) electrons. The lowest BCUT2D eigenvalue weighted by Gasteiger charge is -2.24. The minimum Gasteiger partial charge on any atom is -0.392 e. The largest absolute Gasteiger partial charge is 0.392 e. The summed E-state index contributed by atoms with van der Waals surface area (Å²) in [7, 11) is -3.39. The lowest BCUT2D eigenvalue weighted by molar-refractivity contribution is 0.282. The second-order valence-electron chi connectivity index (χ2n) is 4.59. The van der Waals surface area contributed by atoms with Crippen molar-refractivity contribution in [3.63, 3.8) is 0 Å². The van der Waals surface area contributed by atoms with Gasteiger partial charge in [-0.1, -0.05) is 18.2 Å². The molecule has 1 N–H and O–H groups in total. The van der Waals surface area contributed by atoms with Gasteiger partial charge in [0.25, 0.3) is 0 Å². The van der Waals surface area contributed by atoms with E-state index in [9.17, 15) is 8.42 Å². The maximum absolute atomic E-state index is 12.3. The highest BCUT2D eigenvalue weighted by molar-refractivity contribution is 7.92. The summed E-state index contributed by atoms with van der Waals surface area (Å²) in [4.78, 5) is 4.01. The van der Waals surface area contributed by atoms with E-state index in [0.717, 1.165) is 11.1 Å². The molecule has 112 valence electrons. The lowest BCUT2D eigenvalue weighted by Crippen LogP contribution is -2.31. The van der Waals surface area contributed by atoms with Crippen LogP contribution < -0.4 is 4.31 Å². The highest BCUT2D eigenvalue weighted by atomic mass is 32.2. The first-order valence-electron chi connectivity index (χ1n) is 6.66. The van der Waals surface area contributed by atoms with Gasteiger partial charge in [-0.25, -0.2) is 8.42 Å². The Labute approximate surface area is 124 Å². The molecule has 0 aliphatic carbocycles. The van der Waals surface area contributed by atoms with E-state index in [2.05, 4.69) is 4.98 Å². The molecule has 0 saturated heterocycles. The Bertz CT molecular complexity index is 670. The third-order valence-electron chi connectivity index (χ3n) is 3.16. The first-order chi connectivity index (χ1) is 10.1. The molecule has 6 heteroatoms. The smallest absolute Gasteiger partial charge is 0.235 e. The van der Waals surface area contributed by atoms with Crippen LogP contribution in [0.25, 0.3) is 0 Å². The van der Waals surface area contributed by atoms with Crippen molar-refractivity contribution in [1.82, 2.24) is 4.98 Å². The molecule has 5 nitrogen and oxygen atoms in total. The zero-order valence-corrected chi connectivity index (χ0v) is 12.6. The fourth-order valence-electron chi connectivity index (χ4n) is 1.93. The van der Waals surface area contributed by atoms with Gasteiger partial charge in [0.2, 0.25) is 10.0 Å². The third kappa shape index (κ3) is 3.80. The maximum atomic E-state index is 12.3. The van der Waals surface area contributed by atoms with Crippen molar-refractivity contribution in [2.45, 2.75) is 20.1 Å². The van der Waals surface area contributed by atoms with Crippen LogP contribution in [0.1, 0.15) is 18.1 Å². The minimum absolute atomic E-state index is 0.0228. The van der Waals surface area contributed by atoms with Gasteiger partial charge in [0.05, 0.1) is 24.6 Å². The molecular weight excluding hydrogens is 288 g/mol. The number of aliphatic hydroxyl groups is 1. The van der Waals surface area contributed by atoms with Crippen molar-refractivity contribution in [3.05, 3.63) is 59.9 Å². The maximum Gasteiger partial charge on any atom is 0.235 e. The predicted molar refractivity (Wildman–Crippen MR) is 82.2 cm³/mol. The number of rotatable bonds is 6. The van der Waals surface area contributed by atoms with Crippen LogP contribution >= 0.6 is 0 Å². The number of hydrogen-bond acceptors (Lipinski definition) is 4. The Morgan fingerprint density at radius 3 is 2.38 bits per heavy atom. The van der Waals surface area contributed by atoms with E-state index in [1.165, 1.54) is 4.31 Å². The quantitative estimate of drug-likeness (QED) is 0.885.